The number of aryl methyl sites for hydroxylation is 1. The normalized spacial score (nSPS) is 27.9. The van der Waals surface area contributed by atoms with Gasteiger partial charge >= 0.3 is 0 Å². The van der Waals surface area contributed by atoms with E-state index < -0.39 is 0 Å². The molecule has 1 aromatic rings. The van der Waals surface area contributed by atoms with Crippen LogP contribution in [0.15, 0.2) is 24.3 Å². The van der Waals surface area contributed by atoms with Crippen LogP contribution < -0.4 is 0 Å². The summed E-state index contributed by atoms with van der Waals surface area (Å²) in [6.45, 7) is 1.31. The molecule has 1 aromatic carbocycles. The summed E-state index contributed by atoms with van der Waals surface area (Å²) in [5, 5.41) is 9.28. The molecule has 0 N–H and O–H groups in total. The van der Waals surface area contributed by atoms with Crippen molar-refractivity contribution < 1.29 is 9.59 Å². The Morgan fingerprint density at radius 2 is 1.69 bits per heavy atom. The van der Waals surface area contributed by atoms with E-state index >= 15 is 0 Å². The minimum absolute atomic E-state index is 0.0175. The fraction of sp³-hybridized carbons (Fsp3) is 0.571. The summed E-state index contributed by atoms with van der Waals surface area (Å²) < 4.78 is 0. The molecule has 5 heteroatoms. The van der Waals surface area contributed by atoms with Crippen LogP contribution in [0.25, 0.3) is 0 Å². The first-order valence-electron chi connectivity index (χ1n) is 9.76. The summed E-state index contributed by atoms with van der Waals surface area (Å²) in [6, 6.07) is 9.90. The topological polar surface area (TPSA) is 64.4 Å². The molecule has 26 heavy (non-hydrogen) atoms. The van der Waals surface area contributed by atoms with E-state index in [9.17, 15) is 14.9 Å². The zero-order valence-electron chi connectivity index (χ0n) is 15.1. The number of carbonyl (C=O) groups excluding carboxylic acids is 2. The molecule has 2 saturated heterocycles. The number of carbonyl (C=O) groups is 2. The number of benzene rings is 1. The van der Waals surface area contributed by atoms with Gasteiger partial charge in [0.25, 0.3) is 0 Å². The highest BCUT2D eigenvalue weighted by atomic mass is 16.2. The third-order valence-electron chi connectivity index (χ3n) is 6.20. The SMILES string of the molecule is N#C[C@@H]1CCCN1C(=O)[C@H]1CCCN1C(=O)[C@H]1CCc2ccccc2C1. The van der Waals surface area contributed by atoms with E-state index in [1.807, 2.05) is 11.0 Å². The zero-order valence-corrected chi connectivity index (χ0v) is 15.1. The van der Waals surface area contributed by atoms with E-state index in [1.54, 1.807) is 4.90 Å². The number of likely N-dealkylation sites (tertiary alicyclic amines) is 2. The molecular formula is C21H25N3O2. The van der Waals surface area contributed by atoms with Gasteiger partial charge in [-0.05, 0) is 56.1 Å². The van der Waals surface area contributed by atoms with Crippen LogP contribution >= 0.6 is 0 Å². The average molecular weight is 351 g/mol. The molecule has 0 bridgehead atoms. The second-order valence-electron chi connectivity index (χ2n) is 7.72. The molecule has 0 saturated carbocycles. The molecule has 0 unspecified atom stereocenters. The fourth-order valence-corrected chi connectivity index (χ4v) is 4.79. The van der Waals surface area contributed by atoms with Gasteiger partial charge in [0.2, 0.25) is 11.8 Å². The molecule has 5 nitrogen and oxygen atoms in total. The molecule has 2 heterocycles. The molecule has 4 rings (SSSR count). The first-order chi connectivity index (χ1) is 12.7. The van der Waals surface area contributed by atoms with E-state index in [1.165, 1.54) is 11.1 Å². The number of rotatable bonds is 2. The molecule has 1 aliphatic carbocycles. The van der Waals surface area contributed by atoms with Crippen molar-refractivity contribution in [2.24, 2.45) is 5.92 Å². The predicted molar refractivity (Wildman–Crippen MR) is 97.0 cm³/mol. The molecule has 0 radical (unpaired) electrons. The monoisotopic (exact) mass is 351 g/mol. The van der Waals surface area contributed by atoms with Crippen LogP contribution in [0, 0.1) is 17.2 Å². The maximum Gasteiger partial charge on any atom is 0.246 e. The van der Waals surface area contributed by atoms with Crippen LogP contribution in [-0.2, 0) is 22.4 Å². The van der Waals surface area contributed by atoms with Crippen LogP contribution in [0.5, 0.6) is 0 Å². The lowest BCUT2D eigenvalue weighted by atomic mass is 9.83. The Kier molecular flexibility index (Phi) is 4.67. The minimum Gasteiger partial charge on any atom is -0.330 e. The highest BCUT2D eigenvalue weighted by Crippen LogP contribution is 2.30. The molecular weight excluding hydrogens is 326 g/mol. The van der Waals surface area contributed by atoms with Crippen molar-refractivity contribution in [3.8, 4) is 6.07 Å². The Labute approximate surface area is 154 Å². The first-order valence-corrected chi connectivity index (χ1v) is 9.76. The van der Waals surface area contributed by atoms with Crippen molar-refractivity contribution in [1.82, 2.24) is 9.80 Å². The molecule has 136 valence electrons. The van der Waals surface area contributed by atoms with Gasteiger partial charge in [0.05, 0.1) is 6.07 Å². The summed E-state index contributed by atoms with van der Waals surface area (Å²) in [7, 11) is 0. The second-order valence-corrected chi connectivity index (χ2v) is 7.72. The highest BCUT2D eigenvalue weighted by molar-refractivity contribution is 5.90. The number of nitriles is 1. The lowest BCUT2D eigenvalue weighted by Crippen LogP contribution is -2.50. The molecule has 2 fully saturated rings. The van der Waals surface area contributed by atoms with Crippen LogP contribution in [0.3, 0.4) is 0 Å². The minimum atomic E-state index is -0.367. The summed E-state index contributed by atoms with van der Waals surface area (Å²) in [5.74, 6) is 0.0859. The maximum atomic E-state index is 13.2. The van der Waals surface area contributed by atoms with Crippen LogP contribution in [0.2, 0.25) is 0 Å². The lowest BCUT2D eigenvalue weighted by Gasteiger charge is -2.33. The fourth-order valence-electron chi connectivity index (χ4n) is 4.79. The van der Waals surface area contributed by atoms with Crippen molar-refractivity contribution >= 4 is 11.8 Å². The van der Waals surface area contributed by atoms with Gasteiger partial charge in [-0.1, -0.05) is 24.3 Å². The van der Waals surface area contributed by atoms with E-state index in [2.05, 4.69) is 24.3 Å². The smallest absolute Gasteiger partial charge is 0.246 e. The molecule has 3 atom stereocenters. The first kappa shape index (κ1) is 17.1. The van der Waals surface area contributed by atoms with Crippen LogP contribution in [0.1, 0.15) is 43.2 Å². The van der Waals surface area contributed by atoms with E-state index in [0.29, 0.717) is 13.1 Å². The highest BCUT2D eigenvalue weighted by Gasteiger charge is 2.42. The van der Waals surface area contributed by atoms with Crippen molar-refractivity contribution in [3.05, 3.63) is 35.4 Å². The second kappa shape index (κ2) is 7.11. The molecule has 0 spiro atoms. The van der Waals surface area contributed by atoms with Crippen molar-refractivity contribution in [2.75, 3.05) is 13.1 Å². The van der Waals surface area contributed by atoms with Crippen LogP contribution in [-0.4, -0.2) is 46.8 Å². The van der Waals surface area contributed by atoms with E-state index in [-0.39, 0.29) is 29.8 Å². The summed E-state index contributed by atoms with van der Waals surface area (Å²) >= 11 is 0. The third-order valence-corrected chi connectivity index (χ3v) is 6.20. The standard InChI is InChI=1S/C21H25N3O2/c22-14-18-7-3-11-23(18)21(26)19-8-4-12-24(19)20(25)17-10-9-15-5-1-2-6-16(15)13-17/h1-2,5-6,17-19H,3-4,7-13H2/t17-,18-,19+/m0/s1. The van der Waals surface area contributed by atoms with Gasteiger partial charge in [-0.3, -0.25) is 9.59 Å². The average Bonchev–Trinajstić information content (AvgIpc) is 3.35. The van der Waals surface area contributed by atoms with Gasteiger partial charge in [0.15, 0.2) is 0 Å². The number of hydrogen-bond acceptors (Lipinski definition) is 3. The predicted octanol–water partition coefficient (Wildman–Crippen LogP) is 2.30. The Bertz CT molecular complexity index is 754. The van der Waals surface area contributed by atoms with E-state index in [4.69, 9.17) is 0 Å². The molecule has 0 aromatic heterocycles. The Hall–Kier alpha value is -2.35. The summed E-state index contributed by atoms with van der Waals surface area (Å²) in [5.41, 5.74) is 2.61. The molecule has 2 aliphatic heterocycles. The van der Waals surface area contributed by atoms with Crippen molar-refractivity contribution in [3.63, 3.8) is 0 Å². The number of amides is 2. The van der Waals surface area contributed by atoms with Gasteiger partial charge in [0, 0.05) is 19.0 Å². The quantitative estimate of drug-likeness (QED) is 0.821. The number of fused-ring (bicyclic) bond motifs is 1. The third kappa shape index (κ3) is 2.98. The Morgan fingerprint density at radius 1 is 0.962 bits per heavy atom. The van der Waals surface area contributed by atoms with Gasteiger partial charge in [-0.25, -0.2) is 0 Å². The van der Waals surface area contributed by atoms with Crippen molar-refractivity contribution in [1.29, 1.82) is 5.26 Å². The van der Waals surface area contributed by atoms with Gasteiger partial charge in [-0.2, -0.15) is 5.26 Å². The van der Waals surface area contributed by atoms with E-state index in [0.717, 1.165) is 44.9 Å². The van der Waals surface area contributed by atoms with Gasteiger partial charge in [0.1, 0.15) is 12.1 Å². The summed E-state index contributed by atoms with van der Waals surface area (Å²) in [4.78, 5) is 29.7. The lowest BCUT2D eigenvalue weighted by molar-refractivity contribution is -0.146. The van der Waals surface area contributed by atoms with Gasteiger partial charge < -0.3 is 9.80 Å². The van der Waals surface area contributed by atoms with Crippen LogP contribution in [0.4, 0.5) is 0 Å². The summed E-state index contributed by atoms with van der Waals surface area (Å²) in [6.07, 6.45) is 5.79. The van der Waals surface area contributed by atoms with Crippen molar-refractivity contribution in [2.45, 2.75) is 57.0 Å². The van der Waals surface area contributed by atoms with Gasteiger partial charge in [-0.15, -0.1) is 0 Å². The molecule has 2 amide bonds. The number of nitrogens with zero attached hydrogens (tertiary/aromatic N) is 3. The number of hydrogen-bond donors (Lipinski definition) is 0. The Balaban J connectivity index is 1.47. The largest absolute Gasteiger partial charge is 0.330 e. The Morgan fingerprint density at radius 3 is 2.50 bits per heavy atom. The molecule has 3 aliphatic rings. The zero-order chi connectivity index (χ0) is 18.1. The maximum absolute atomic E-state index is 13.2.